The van der Waals surface area contributed by atoms with Crippen LogP contribution in [0, 0.1) is 0 Å². The van der Waals surface area contributed by atoms with Crippen molar-refractivity contribution in [2.75, 3.05) is 0 Å². The van der Waals surface area contributed by atoms with E-state index < -0.39 is 0 Å². The number of rotatable bonds is 3. The zero-order valence-corrected chi connectivity index (χ0v) is 10.6. The van der Waals surface area contributed by atoms with Crippen molar-refractivity contribution in [1.29, 1.82) is 0 Å². The molecule has 0 saturated carbocycles. The normalized spacial score (nSPS) is 9.28. The third-order valence-electron chi connectivity index (χ3n) is 2.60. The molecule has 0 aliphatic heterocycles. The van der Waals surface area contributed by atoms with E-state index in [0.717, 1.165) is 0 Å². The smallest absolute Gasteiger partial charge is 0.429 e. The van der Waals surface area contributed by atoms with Gasteiger partial charge in [0.25, 0.3) is 0 Å². The summed E-state index contributed by atoms with van der Waals surface area (Å²) >= 11 is 0. The first kappa shape index (κ1) is 14.5. The SMILES string of the molecule is CCCc1ccc(-c2ccccc2)cc1.O[B]O. The van der Waals surface area contributed by atoms with Crippen LogP contribution in [0.2, 0.25) is 0 Å². The molecule has 93 valence electrons. The zero-order valence-electron chi connectivity index (χ0n) is 10.6. The molecule has 0 heterocycles. The van der Waals surface area contributed by atoms with Gasteiger partial charge in [0.1, 0.15) is 0 Å². The number of benzene rings is 2. The summed E-state index contributed by atoms with van der Waals surface area (Å²) in [6.07, 6.45) is 2.39. The average Bonchev–Trinajstić information content (AvgIpc) is 2.42. The van der Waals surface area contributed by atoms with E-state index >= 15 is 0 Å². The Morgan fingerprint density at radius 1 is 0.833 bits per heavy atom. The van der Waals surface area contributed by atoms with Crippen LogP contribution in [-0.4, -0.2) is 17.7 Å². The summed E-state index contributed by atoms with van der Waals surface area (Å²) in [5.74, 6) is 0. The molecule has 0 bridgehead atoms. The minimum Gasteiger partial charge on any atom is -0.429 e. The van der Waals surface area contributed by atoms with Crippen LogP contribution in [0.25, 0.3) is 11.1 Å². The van der Waals surface area contributed by atoms with Gasteiger partial charge in [0.05, 0.1) is 0 Å². The molecule has 1 radical (unpaired) electrons. The second kappa shape index (κ2) is 8.51. The Balaban J connectivity index is 0.000000492. The number of hydrogen-bond acceptors (Lipinski definition) is 2. The molecule has 2 aromatic carbocycles. The van der Waals surface area contributed by atoms with Crippen LogP contribution in [0.3, 0.4) is 0 Å². The van der Waals surface area contributed by atoms with Crippen molar-refractivity contribution in [3.05, 3.63) is 60.2 Å². The lowest BCUT2D eigenvalue weighted by atomic mass is 10.0. The largest absolute Gasteiger partial charge is 0.482 e. The molecule has 0 saturated heterocycles. The molecule has 0 spiro atoms. The summed E-state index contributed by atoms with van der Waals surface area (Å²) in [4.78, 5) is 0. The highest BCUT2D eigenvalue weighted by Gasteiger charge is 1.96. The van der Waals surface area contributed by atoms with E-state index in [-0.39, 0.29) is 7.69 Å². The third-order valence-corrected chi connectivity index (χ3v) is 2.60. The molecule has 3 heteroatoms. The Hall–Kier alpha value is -1.58. The molecule has 18 heavy (non-hydrogen) atoms. The molecular weight excluding hydrogens is 223 g/mol. The van der Waals surface area contributed by atoms with Gasteiger partial charge in [-0.1, -0.05) is 67.9 Å². The van der Waals surface area contributed by atoms with Gasteiger partial charge in [0.2, 0.25) is 0 Å². The molecule has 0 aliphatic carbocycles. The van der Waals surface area contributed by atoms with Crippen molar-refractivity contribution in [2.45, 2.75) is 19.8 Å². The minimum absolute atomic E-state index is 0. The van der Waals surface area contributed by atoms with Gasteiger partial charge in [-0.25, -0.2) is 0 Å². The Bertz CT molecular complexity index is 426. The van der Waals surface area contributed by atoms with Crippen LogP contribution in [0.15, 0.2) is 54.6 Å². The van der Waals surface area contributed by atoms with E-state index in [4.69, 9.17) is 10.0 Å². The molecule has 0 amide bonds. The van der Waals surface area contributed by atoms with Crippen LogP contribution < -0.4 is 0 Å². The maximum atomic E-state index is 7.00. The molecule has 0 atom stereocenters. The summed E-state index contributed by atoms with van der Waals surface area (Å²) in [7, 11) is 0. The Morgan fingerprint density at radius 2 is 1.33 bits per heavy atom. The molecular formula is C15H18BO2. The molecule has 2 aromatic rings. The second-order valence-electron chi connectivity index (χ2n) is 3.93. The summed E-state index contributed by atoms with van der Waals surface area (Å²) in [6.45, 7) is 2.21. The first-order valence-electron chi connectivity index (χ1n) is 6.06. The Labute approximate surface area is 109 Å². The van der Waals surface area contributed by atoms with Gasteiger partial charge in [0.15, 0.2) is 0 Å². The lowest BCUT2D eigenvalue weighted by Crippen LogP contribution is -1.83. The molecule has 2 N–H and O–H groups in total. The molecule has 0 aliphatic rings. The average molecular weight is 241 g/mol. The van der Waals surface area contributed by atoms with Crippen molar-refractivity contribution in [2.24, 2.45) is 0 Å². The zero-order chi connectivity index (χ0) is 13.2. The lowest BCUT2D eigenvalue weighted by Gasteiger charge is -2.03. The first-order valence-corrected chi connectivity index (χ1v) is 6.06. The number of hydrogen-bond donors (Lipinski definition) is 2. The quantitative estimate of drug-likeness (QED) is 0.811. The van der Waals surface area contributed by atoms with E-state index in [0.29, 0.717) is 0 Å². The molecule has 0 fully saturated rings. The molecule has 0 unspecified atom stereocenters. The van der Waals surface area contributed by atoms with Gasteiger partial charge >= 0.3 is 7.69 Å². The van der Waals surface area contributed by atoms with Crippen LogP contribution in [-0.2, 0) is 6.42 Å². The van der Waals surface area contributed by atoms with Crippen LogP contribution >= 0.6 is 0 Å². The number of aryl methyl sites for hydroxylation is 1. The maximum Gasteiger partial charge on any atom is 0.482 e. The van der Waals surface area contributed by atoms with Gasteiger partial charge < -0.3 is 10.0 Å². The van der Waals surface area contributed by atoms with E-state index in [9.17, 15) is 0 Å². The fraction of sp³-hybridized carbons (Fsp3) is 0.200. The second-order valence-corrected chi connectivity index (χ2v) is 3.93. The fourth-order valence-electron chi connectivity index (χ4n) is 1.78. The predicted octanol–water partition coefficient (Wildman–Crippen LogP) is 2.81. The molecule has 2 rings (SSSR count). The van der Waals surface area contributed by atoms with Crippen LogP contribution in [0.5, 0.6) is 0 Å². The van der Waals surface area contributed by atoms with E-state index in [1.165, 1.54) is 29.5 Å². The van der Waals surface area contributed by atoms with E-state index in [1.54, 1.807) is 0 Å². The summed E-state index contributed by atoms with van der Waals surface area (Å²) in [6, 6.07) is 19.4. The summed E-state index contributed by atoms with van der Waals surface area (Å²) in [5, 5.41) is 14.0. The first-order chi connectivity index (χ1) is 8.81. The highest BCUT2D eigenvalue weighted by molar-refractivity contribution is 6.13. The van der Waals surface area contributed by atoms with Crippen LogP contribution in [0.4, 0.5) is 0 Å². The van der Waals surface area contributed by atoms with Crippen LogP contribution in [0.1, 0.15) is 18.9 Å². The fourth-order valence-corrected chi connectivity index (χ4v) is 1.78. The van der Waals surface area contributed by atoms with Crippen molar-refractivity contribution in [1.82, 2.24) is 0 Å². The Kier molecular flexibility index (Phi) is 6.85. The maximum absolute atomic E-state index is 7.00. The van der Waals surface area contributed by atoms with Crippen molar-refractivity contribution in [3.63, 3.8) is 0 Å². The topological polar surface area (TPSA) is 40.5 Å². The van der Waals surface area contributed by atoms with Gasteiger partial charge in [-0.2, -0.15) is 0 Å². The summed E-state index contributed by atoms with van der Waals surface area (Å²) < 4.78 is 0. The van der Waals surface area contributed by atoms with E-state index in [2.05, 4.69) is 61.5 Å². The van der Waals surface area contributed by atoms with Gasteiger partial charge in [0, 0.05) is 0 Å². The van der Waals surface area contributed by atoms with Crippen molar-refractivity contribution in [3.8, 4) is 11.1 Å². The molecule has 0 aromatic heterocycles. The highest BCUT2D eigenvalue weighted by atomic mass is 16.4. The third kappa shape index (κ3) is 4.74. The lowest BCUT2D eigenvalue weighted by molar-refractivity contribution is 0.448. The van der Waals surface area contributed by atoms with Gasteiger partial charge in [-0.15, -0.1) is 0 Å². The highest BCUT2D eigenvalue weighted by Crippen LogP contribution is 2.19. The standard InChI is InChI=1S/C15H16.BH2O2/c1-2-6-13-9-11-15(12-10-13)14-7-4-3-5-8-14;2-1-3/h3-5,7-12H,2,6H2,1H3;2-3H. The minimum atomic E-state index is 0. The summed E-state index contributed by atoms with van der Waals surface area (Å²) in [5.41, 5.74) is 4.02. The van der Waals surface area contributed by atoms with Gasteiger partial charge in [-0.3, -0.25) is 0 Å². The monoisotopic (exact) mass is 241 g/mol. The Morgan fingerprint density at radius 3 is 1.83 bits per heavy atom. The van der Waals surface area contributed by atoms with E-state index in [1.807, 2.05) is 0 Å². The van der Waals surface area contributed by atoms with Crippen molar-refractivity contribution < 1.29 is 10.0 Å². The van der Waals surface area contributed by atoms with Crippen molar-refractivity contribution >= 4 is 7.69 Å². The molecule has 2 nitrogen and oxygen atoms in total. The predicted molar refractivity (Wildman–Crippen MR) is 76.1 cm³/mol. The van der Waals surface area contributed by atoms with Gasteiger partial charge in [-0.05, 0) is 23.1 Å².